The second-order valence-corrected chi connectivity index (χ2v) is 10.1. The van der Waals surface area contributed by atoms with E-state index in [1.165, 1.54) is 28.8 Å². The van der Waals surface area contributed by atoms with Crippen molar-refractivity contribution in [3.63, 3.8) is 0 Å². The van der Waals surface area contributed by atoms with Crippen LogP contribution in [0, 0.1) is 0 Å². The highest BCUT2D eigenvalue weighted by Gasteiger charge is 2.53. The Balaban J connectivity index is 0.00000196. The van der Waals surface area contributed by atoms with Gasteiger partial charge in [-0.25, -0.2) is 0 Å². The summed E-state index contributed by atoms with van der Waals surface area (Å²) in [7, 11) is -1.85. The van der Waals surface area contributed by atoms with Gasteiger partial charge in [-0.2, -0.15) is 0 Å². The minimum absolute atomic E-state index is 0. The minimum Gasteiger partial charge on any atom is -1.00 e. The molecule has 26 heavy (non-hydrogen) atoms. The van der Waals surface area contributed by atoms with Crippen LogP contribution >= 0.6 is 7.26 Å². The van der Waals surface area contributed by atoms with Crippen LogP contribution in [0.25, 0.3) is 0 Å². The molecule has 0 saturated carbocycles. The molecule has 1 nitrogen and oxygen atoms in total. The quantitative estimate of drug-likeness (QED) is 0.622. The lowest BCUT2D eigenvalue weighted by Crippen LogP contribution is -3.00. The lowest BCUT2D eigenvalue weighted by molar-refractivity contribution is -0.00000618. The smallest absolute Gasteiger partial charge is 0.181 e. The van der Waals surface area contributed by atoms with Crippen molar-refractivity contribution in [2.75, 3.05) is 6.61 Å². The standard InChI is InChI=1S/C23H24OP.ClH/c1-4-12-20(13-5-1)25(21-14-6-2-7-15-21,22-16-8-3-9-17-22)23-18-10-11-19-24-23;/h1-9,12-17,23H,10-11,18-19H2;1H/q+1;/p-1. The summed E-state index contributed by atoms with van der Waals surface area (Å²) in [6, 6.07) is 33.1. The van der Waals surface area contributed by atoms with E-state index in [-0.39, 0.29) is 18.3 Å². The molecule has 1 fully saturated rings. The third-order valence-electron chi connectivity index (χ3n) is 5.08. The van der Waals surface area contributed by atoms with Crippen molar-refractivity contribution in [1.29, 1.82) is 0 Å². The van der Waals surface area contributed by atoms with Gasteiger partial charge in [-0.3, -0.25) is 0 Å². The molecule has 0 aromatic heterocycles. The average Bonchev–Trinajstić information content (AvgIpc) is 2.72. The zero-order valence-corrected chi connectivity index (χ0v) is 16.4. The molecular formula is C23H24ClOP. The number of benzene rings is 3. The molecule has 1 heterocycles. The second kappa shape index (κ2) is 8.82. The van der Waals surface area contributed by atoms with Gasteiger partial charge in [-0.15, -0.1) is 0 Å². The van der Waals surface area contributed by atoms with Crippen molar-refractivity contribution >= 4 is 23.2 Å². The van der Waals surface area contributed by atoms with E-state index in [1.54, 1.807) is 0 Å². The molecule has 0 spiro atoms. The Labute approximate surface area is 163 Å². The first-order valence-electron chi connectivity index (χ1n) is 9.09. The Bertz CT molecular complexity index is 690. The molecule has 0 aliphatic carbocycles. The first-order valence-corrected chi connectivity index (χ1v) is 11.0. The number of hydrogen-bond donors (Lipinski definition) is 0. The maximum atomic E-state index is 6.46. The molecule has 4 rings (SSSR count). The topological polar surface area (TPSA) is 9.23 Å². The summed E-state index contributed by atoms with van der Waals surface area (Å²) in [5.74, 6) is 0.258. The Morgan fingerprint density at radius 3 is 1.38 bits per heavy atom. The molecule has 3 heteroatoms. The molecule has 1 atom stereocenters. The van der Waals surface area contributed by atoms with E-state index < -0.39 is 7.26 Å². The summed E-state index contributed by atoms with van der Waals surface area (Å²) in [6.45, 7) is 0.874. The molecule has 0 bridgehead atoms. The van der Waals surface area contributed by atoms with Crippen molar-refractivity contribution in [1.82, 2.24) is 0 Å². The van der Waals surface area contributed by atoms with Gasteiger partial charge < -0.3 is 17.1 Å². The molecule has 0 N–H and O–H groups in total. The minimum atomic E-state index is -1.85. The zero-order valence-electron chi connectivity index (χ0n) is 14.8. The molecule has 1 unspecified atom stereocenters. The third kappa shape index (κ3) is 3.45. The van der Waals surface area contributed by atoms with E-state index in [2.05, 4.69) is 91.0 Å². The summed E-state index contributed by atoms with van der Waals surface area (Å²) >= 11 is 0. The fourth-order valence-electron chi connectivity index (χ4n) is 3.96. The van der Waals surface area contributed by atoms with Gasteiger partial charge in [0, 0.05) is 6.42 Å². The SMILES string of the molecule is [Cl-].c1ccc([P+](c2ccccc2)(c2ccccc2)C2CCCCO2)cc1. The van der Waals surface area contributed by atoms with E-state index in [0.29, 0.717) is 0 Å². The van der Waals surface area contributed by atoms with Crippen LogP contribution in [0.4, 0.5) is 0 Å². The number of halogens is 1. The highest BCUT2D eigenvalue weighted by atomic mass is 35.5. The van der Waals surface area contributed by atoms with Crippen LogP contribution in [-0.2, 0) is 4.74 Å². The van der Waals surface area contributed by atoms with Gasteiger partial charge in [-0.05, 0) is 49.2 Å². The molecule has 134 valence electrons. The summed E-state index contributed by atoms with van der Waals surface area (Å²) < 4.78 is 6.46. The molecule has 0 radical (unpaired) electrons. The van der Waals surface area contributed by atoms with Crippen molar-refractivity contribution in [2.45, 2.75) is 25.1 Å². The van der Waals surface area contributed by atoms with Gasteiger partial charge in [0.15, 0.2) is 5.85 Å². The van der Waals surface area contributed by atoms with Crippen LogP contribution in [0.2, 0.25) is 0 Å². The monoisotopic (exact) mass is 382 g/mol. The van der Waals surface area contributed by atoms with Gasteiger partial charge in [0.1, 0.15) is 23.2 Å². The fraction of sp³-hybridized carbons (Fsp3) is 0.217. The Morgan fingerprint density at radius 2 is 1.04 bits per heavy atom. The fourth-order valence-corrected chi connectivity index (χ4v) is 8.68. The third-order valence-corrected chi connectivity index (χ3v) is 9.69. The Kier molecular flexibility index (Phi) is 6.48. The van der Waals surface area contributed by atoms with Gasteiger partial charge >= 0.3 is 0 Å². The molecule has 3 aromatic rings. The van der Waals surface area contributed by atoms with E-state index >= 15 is 0 Å². The summed E-state index contributed by atoms with van der Waals surface area (Å²) in [6.07, 6.45) is 3.56. The first kappa shape index (κ1) is 19.1. The summed E-state index contributed by atoms with van der Waals surface area (Å²) in [4.78, 5) is 0. The number of ether oxygens (including phenoxy) is 1. The second-order valence-electron chi connectivity index (χ2n) is 6.55. The van der Waals surface area contributed by atoms with Crippen molar-refractivity contribution in [3.05, 3.63) is 91.0 Å². The van der Waals surface area contributed by atoms with Crippen LogP contribution in [-0.4, -0.2) is 12.5 Å². The predicted molar refractivity (Wildman–Crippen MR) is 109 cm³/mol. The Hall–Kier alpha value is -1.66. The van der Waals surface area contributed by atoms with Crippen LogP contribution in [0.3, 0.4) is 0 Å². The number of rotatable bonds is 4. The molecule has 1 aliphatic heterocycles. The summed E-state index contributed by atoms with van der Waals surface area (Å²) in [5, 5.41) is 4.25. The van der Waals surface area contributed by atoms with Crippen LogP contribution in [0.1, 0.15) is 19.3 Å². The molecule has 3 aromatic carbocycles. The van der Waals surface area contributed by atoms with Crippen LogP contribution in [0.5, 0.6) is 0 Å². The average molecular weight is 383 g/mol. The summed E-state index contributed by atoms with van der Waals surface area (Å²) in [5.41, 5.74) is 0. The lowest BCUT2D eigenvalue weighted by Gasteiger charge is -2.36. The normalized spacial score (nSPS) is 17.3. The highest BCUT2D eigenvalue weighted by Crippen LogP contribution is 2.61. The lowest BCUT2D eigenvalue weighted by atomic mass is 10.2. The van der Waals surface area contributed by atoms with E-state index in [9.17, 15) is 0 Å². The number of hydrogen-bond acceptors (Lipinski definition) is 1. The van der Waals surface area contributed by atoms with E-state index in [1.807, 2.05) is 0 Å². The van der Waals surface area contributed by atoms with Gasteiger partial charge in [0.05, 0.1) is 6.61 Å². The van der Waals surface area contributed by atoms with Gasteiger partial charge in [0.2, 0.25) is 0 Å². The highest BCUT2D eigenvalue weighted by molar-refractivity contribution is 7.96. The van der Waals surface area contributed by atoms with Crippen molar-refractivity contribution in [3.8, 4) is 0 Å². The molecule has 0 amide bonds. The maximum Gasteiger partial charge on any atom is 0.181 e. The van der Waals surface area contributed by atoms with Gasteiger partial charge in [-0.1, -0.05) is 54.6 Å². The van der Waals surface area contributed by atoms with Crippen molar-refractivity contribution < 1.29 is 17.1 Å². The molecule has 1 aliphatic rings. The largest absolute Gasteiger partial charge is 1.00 e. The van der Waals surface area contributed by atoms with E-state index in [0.717, 1.165) is 13.0 Å². The van der Waals surface area contributed by atoms with Crippen molar-refractivity contribution in [2.24, 2.45) is 0 Å². The Morgan fingerprint density at radius 1 is 0.615 bits per heavy atom. The first-order chi connectivity index (χ1) is 12.4. The molecule has 1 saturated heterocycles. The van der Waals surface area contributed by atoms with Crippen LogP contribution in [0.15, 0.2) is 91.0 Å². The zero-order chi connectivity index (χ0) is 17.0. The predicted octanol–water partition coefficient (Wildman–Crippen LogP) is 1.51. The van der Waals surface area contributed by atoms with Gasteiger partial charge in [0.25, 0.3) is 0 Å². The maximum absolute atomic E-state index is 6.46. The van der Waals surface area contributed by atoms with Crippen LogP contribution < -0.4 is 28.3 Å². The van der Waals surface area contributed by atoms with E-state index in [4.69, 9.17) is 4.74 Å². The molecular weight excluding hydrogens is 359 g/mol.